The number of ether oxygens (including phenoxy) is 1. The van der Waals surface area contributed by atoms with Gasteiger partial charge in [0.1, 0.15) is 0 Å². The molecule has 0 spiro atoms. The number of benzene rings is 1. The van der Waals surface area contributed by atoms with E-state index in [0.29, 0.717) is 19.0 Å². The Labute approximate surface area is 161 Å². The van der Waals surface area contributed by atoms with Crippen molar-refractivity contribution in [1.82, 2.24) is 15.2 Å². The third-order valence-electron chi connectivity index (χ3n) is 4.72. The number of hydrogen-bond donors (Lipinski definition) is 1. The van der Waals surface area contributed by atoms with Crippen LogP contribution in [0, 0.1) is 6.92 Å². The molecule has 3 rings (SSSR count). The summed E-state index contributed by atoms with van der Waals surface area (Å²) in [5.74, 6) is 0.591. The summed E-state index contributed by atoms with van der Waals surface area (Å²) in [6.07, 6.45) is 2.67. The fourth-order valence-corrected chi connectivity index (χ4v) is 3.21. The van der Waals surface area contributed by atoms with E-state index in [0.717, 1.165) is 38.2 Å². The molecule has 0 radical (unpaired) electrons. The summed E-state index contributed by atoms with van der Waals surface area (Å²) in [6.45, 7) is 8.38. The predicted molar refractivity (Wildman–Crippen MR) is 107 cm³/mol. The van der Waals surface area contributed by atoms with E-state index in [1.165, 1.54) is 11.3 Å². The number of hydrogen-bond acceptors (Lipinski definition) is 4. The molecule has 2 aromatic rings. The molecule has 6 nitrogen and oxygen atoms in total. The number of nitrogens with one attached hydrogen (secondary N) is 1. The number of nitrogens with zero attached hydrogens (tertiary/aromatic N) is 3. The van der Waals surface area contributed by atoms with E-state index < -0.39 is 0 Å². The number of pyridine rings is 1. The van der Waals surface area contributed by atoms with Gasteiger partial charge in [0.15, 0.2) is 0 Å². The molecular formula is C21H28N4O2. The van der Waals surface area contributed by atoms with Crippen LogP contribution in [-0.2, 0) is 6.54 Å². The number of aromatic nitrogens is 1. The maximum atomic E-state index is 12.6. The van der Waals surface area contributed by atoms with E-state index in [2.05, 4.69) is 46.4 Å². The average molecular weight is 368 g/mol. The van der Waals surface area contributed by atoms with Gasteiger partial charge in [-0.3, -0.25) is 0 Å². The molecule has 1 aliphatic heterocycles. The molecule has 1 fully saturated rings. The van der Waals surface area contributed by atoms with Gasteiger partial charge in [0.2, 0.25) is 5.88 Å². The first-order valence-corrected chi connectivity index (χ1v) is 9.58. The zero-order valence-corrected chi connectivity index (χ0v) is 16.1. The quantitative estimate of drug-likeness (QED) is 0.880. The fraction of sp³-hybridized carbons (Fsp3) is 0.429. The van der Waals surface area contributed by atoms with Crippen molar-refractivity contribution in [2.45, 2.75) is 26.8 Å². The second kappa shape index (κ2) is 9.26. The molecule has 1 aliphatic rings. The van der Waals surface area contributed by atoms with Gasteiger partial charge in [-0.25, -0.2) is 9.78 Å². The standard InChI is InChI=1S/C21H28N4O2/c1-3-27-20-15-18(9-10-22-20)16-23-21(26)25-12-4-11-24(13-14-25)19-7-5-17(2)6-8-19/h5-10,15H,3-4,11-14,16H2,1-2H3,(H,23,26). The summed E-state index contributed by atoms with van der Waals surface area (Å²) in [5, 5.41) is 3.01. The van der Waals surface area contributed by atoms with Crippen LogP contribution in [-0.4, -0.2) is 48.7 Å². The first kappa shape index (κ1) is 19.0. The van der Waals surface area contributed by atoms with Crippen LogP contribution in [0.25, 0.3) is 0 Å². The molecule has 27 heavy (non-hydrogen) atoms. The van der Waals surface area contributed by atoms with E-state index in [9.17, 15) is 4.79 Å². The van der Waals surface area contributed by atoms with Crippen molar-refractivity contribution in [3.8, 4) is 5.88 Å². The van der Waals surface area contributed by atoms with E-state index in [4.69, 9.17) is 4.74 Å². The van der Waals surface area contributed by atoms with Crippen molar-refractivity contribution >= 4 is 11.7 Å². The second-order valence-electron chi connectivity index (χ2n) is 6.76. The minimum Gasteiger partial charge on any atom is -0.478 e. The summed E-state index contributed by atoms with van der Waals surface area (Å²) in [5.41, 5.74) is 3.47. The van der Waals surface area contributed by atoms with Gasteiger partial charge in [-0.05, 0) is 44.0 Å². The Bertz CT molecular complexity index is 748. The zero-order valence-electron chi connectivity index (χ0n) is 16.1. The van der Waals surface area contributed by atoms with Crippen molar-refractivity contribution < 1.29 is 9.53 Å². The summed E-state index contributed by atoms with van der Waals surface area (Å²) in [7, 11) is 0. The van der Waals surface area contributed by atoms with Crippen LogP contribution in [0.5, 0.6) is 5.88 Å². The zero-order chi connectivity index (χ0) is 19.1. The van der Waals surface area contributed by atoms with Gasteiger partial charge in [-0.15, -0.1) is 0 Å². The monoisotopic (exact) mass is 368 g/mol. The Hall–Kier alpha value is -2.76. The normalized spacial score (nSPS) is 14.6. The van der Waals surface area contributed by atoms with Crippen LogP contribution in [0.2, 0.25) is 0 Å². The summed E-state index contributed by atoms with van der Waals surface area (Å²) in [6, 6.07) is 12.3. The third kappa shape index (κ3) is 5.36. The van der Waals surface area contributed by atoms with E-state index in [1.54, 1.807) is 6.20 Å². The Balaban J connectivity index is 1.52. The van der Waals surface area contributed by atoms with Gasteiger partial charge in [-0.2, -0.15) is 0 Å². The third-order valence-corrected chi connectivity index (χ3v) is 4.72. The number of anilines is 1. The van der Waals surface area contributed by atoms with Gasteiger partial charge < -0.3 is 19.9 Å². The molecule has 2 amide bonds. The molecule has 0 atom stereocenters. The van der Waals surface area contributed by atoms with Crippen LogP contribution < -0.4 is 15.0 Å². The number of carbonyl (C=O) groups excluding carboxylic acids is 1. The topological polar surface area (TPSA) is 57.7 Å². The molecule has 1 aromatic heterocycles. The van der Waals surface area contributed by atoms with Crippen LogP contribution in [0.3, 0.4) is 0 Å². The number of aryl methyl sites for hydroxylation is 1. The molecule has 144 valence electrons. The summed E-state index contributed by atoms with van der Waals surface area (Å²) < 4.78 is 5.41. The summed E-state index contributed by atoms with van der Waals surface area (Å²) in [4.78, 5) is 21.0. The second-order valence-corrected chi connectivity index (χ2v) is 6.76. The molecular weight excluding hydrogens is 340 g/mol. The fourth-order valence-electron chi connectivity index (χ4n) is 3.21. The maximum Gasteiger partial charge on any atom is 0.317 e. The molecule has 0 bridgehead atoms. The maximum absolute atomic E-state index is 12.6. The molecule has 0 saturated carbocycles. The van der Waals surface area contributed by atoms with Crippen molar-refractivity contribution in [1.29, 1.82) is 0 Å². The number of urea groups is 1. The minimum atomic E-state index is -0.0180. The van der Waals surface area contributed by atoms with Crippen molar-refractivity contribution in [3.63, 3.8) is 0 Å². The lowest BCUT2D eigenvalue weighted by Gasteiger charge is -2.24. The average Bonchev–Trinajstić information content (AvgIpc) is 2.94. The van der Waals surface area contributed by atoms with Crippen LogP contribution in [0.4, 0.5) is 10.5 Å². The largest absolute Gasteiger partial charge is 0.478 e. The van der Waals surface area contributed by atoms with Gasteiger partial charge in [0, 0.05) is 50.7 Å². The highest BCUT2D eigenvalue weighted by atomic mass is 16.5. The SMILES string of the molecule is CCOc1cc(CNC(=O)N2CCCN(c3ccc(C)cc3)CC2)ccn1. The van der Waals surface area contributed by atoms with Gasteiger partial charge in [0.05, 0.1) is 6.61 Å². The van der Waals surface area contributed by atoms with E-state index in [1.807, 2.05) is 24.0 Å². The molecule has 2 heterocycles. The minimum absolute atomic E-state index is 0.0180. The van der Waals surface area contributed by atoms with Crippen LogP contribution >= 0.6 is 0 Å². The molecule has 1 N–H and O–H groups in total. The number of rotatable bonds is 5. The smallest absolute Gasteiger partial charge is 0.317 e. The van der Waals surface area contributed by atoms with Crippen LogP contribution in [0.15, 0.2) is 42.6 Å². The Morgan fingerprint density at radius 2 is 1.96 bits per heavy atom. The van der Waals surface area contributed by atoms with Crippen molar-refractivity contribution in [2.24, 2.45) is 0 Å². The molecule has 1 aromatic carbocycles. The van der Waals surface area contributed by atoms with Crippen molar-refractivity contribution in [2.75, 3.05) is 37.7 Å². The lowest BCUT2D eigenvalue weighted by atomic mass is 10.2. The van der Waals surface area contributed by atoms with Crippen LogP contribution in [0.1, 0.15) is 24.5 Å². The van der Waals surface area contributed by atoms with Gasteiger partial charge in [0.25, 0.3) is 0 Å². The lowest BCUT2D eigenvalue weighted by molar-refractivity contribution is 0.201. The van der Waals surface area contributed by atoms with Crippen molar-refractivity contribution in [3.05, 3.63) is 53.7 Å². The molecule has 0 aliphatic carbocycles. The van der Waals surface area contributed by atoms with E-state index >= 15 is 0 Å². The Morgan fingerprint density at radius 1 is 1.15 bits per heavy atom. The first-order valence-electron chi connectivity index (χ1n) is 9.58. The Kier molecular flexibility index (Phi) is 6.52. The highest BCUT2D eigenvalue weighted by Gasteiger charge is 2.19. The van der Waals surface area contributed by atoms with Gasteiger partial charge in [-0.1, -0.05) is 17.7 Å². The number of amides is 2. The molecule has 1 saturated heterocycles. The van der Waals surface area contributed by atoms with Gasteiger partial charge >= 0.3 is 6.03 Å². The number of carbonyl (C=O) groups is 1. The molecule has 6 heteroatoms. The lowest BCUT2D eigenvalue weighted by Crippen LogP contribution is -2.41. The highest BCUT2D eigenvalue weighted by Crippen LogP contribution is 2.17. The predicted octanol–water partition coefficient (Wildman–Crippen LogP) is 3.21. The van der Waals surface area contributed by atoms with E-state index in [-0.39, 0.29) is 6.03 Å². The Morgan fingerprint density at radius 3 is 2.74 bits per heavy atom. The highest BCUT2D eigenvalue weighted by molar-refractivity contribution is 5.74. The summed E-state index contributed by atoms with van der Waals surface area (Å²) >= 11 is 0. The first-order chi connectivity index (χ1) is 13.2. The molecule has 0 unspecified atom stereocenters.